The molecule has 0 bridgehead atoms. The first-order chi connectivity index (χ1) is 21.1. The molecular formula is C26H35N11O4S3. The van der Waals surface area contributed by atoms with E-state index in [0.717, 1.165) is 15.4 Å². The molecule has 7 aromatic rings. The van der Waals surface area contributed by atoms with Gasteiger partial charge in [-0.15, -0.1) is 32.9 Å². The van der Waals surface area contributed by atoms with Crippen LogP contribution in [0.4, 0.5) is 0 Å². The van der Waals surface area contributed by atoms with E-state index in [1.165, 1.54) is 23.8 Å². The topological polar surface area (TPSA) is 203 Å². The first kappa shape index (κ1) is 37.2. The van der Waals surface area contributed by atoms with Crippen molar-refractivity contribution >= 4 is 34.0 Å². The Kier molecular flexibility index (Phi) is 19.2. The maximum atomic E-state index is 10.3. The lowest BCUT2D eigenvalue weighted by atomic mass is 10.4. The Balaban J connectivity index is 0.000000257. The van der Waals surface area contributed by atoms with Gasteiger partial charge in [-0.2, -0.15) is 26.3 Å². The lowest BCUT2D eigenvalue weighted by Gasteiger charge is -1.74. The molecule has 0 aromatic carbocycles. The van der Waals surface area contributed by atoms with Gasteiger partial charge in [0.1, 0.15) is 0 Å². The zero-order valence-corrected chi connectivity index (χ0v) is 27.7. The van der Waals surface area contributed by atoms with Gasteiger partial charge in [0.05, 0.1) is 18.4 Å². The molecule has 7 aromatic heterocycles. The Labute approximate surface area is 265 Å². The van der Waals surface area contributed by atoms with E-state index in [2.05, 4.69) is 103 Å². The molecule has 15 nitrogen and oxygen atoms in total. The highest BCUT2D eigenvalue weighted by atomic mass is 32.1. The second-order valence-corrected chi connectivity index (χ2v) is 11.1. The number of rotatable bonds is 0. The average molecular weight is 662 g/mol. The third-order valence-electron chi connectivity index (χ3n) is 4.16. The molecular weight excluding hydrogens is 627 g/mol. The van der Waals surface area contributed by atoms with Crippen molar-refractivity contribution in [2.24, 2.45) is 7.05 Å². The van der Waals surface area contributed by atoms with E-state index in [9.17, 15) is 9.59 Å². The summed E-state index contributed by atoms with van der Waals surface area (Å²) in [7, 11) is 1.35. The molecule has 0 aliphatic heterocycles. The summed E-state index contributed by atoms with van der Waals surface area (Å²) in [5, 5.41) is 25.4. The maximum Gasteiger partial charge on any atom is 0.440 e. The number of aromatic nitrogens is 11. The summed E-state index contributed by atoms with van der Waals surface area (Å²) in [5.41, 5.74) is 1.94. The van der Waals surface area contributed by atoms with Crippen LogP contribution in [0.3, 0.4) is 0 Å². The first-order valence-corrected chi connectivity index (χ1v) is 15.3. The van der Waals surface area contributed by atoms with Crippen molar-refractivity contribution in [3.05, 3.63) is 119 Å². The first-order valence-electron chi connectivity index (χ1n) is 12.6. The summed E-state index contributed by atoms with van der Waals surface area (Å²) in [6.45, 7) is 11.7. The van der Waals surface area contributed by atoms with E-state index in [0.29, 0.717) is 11.7 Å². The van der Waals surface area contributed by atoms with Gasteiger partial charge in [-0.1, -0.05) is 16.4 Å². The highest BCUT2D eigenvalue weighted by Crippen LogP contribution is 2.03. The van der Waals surface area contributed by atoms with Crippen LogP contribution in [-0.4, -0.2) is 55.4 Å². The zero-order chi connectivity index (χ0) is 32.6. The number of aryl methyl sites for hydroxylation is 7. The predicted molar refractivity (Wildman–Crippen MR) is 171 cm³/mol. The number of aromatic amines is 3. The molecule has 0 radical (unpaired) electrons. The van der Waals surface area contributed by atoms with Gasteiger partial charge >= 0.3 is 11.4 Å². The molecule has 0 aliphatic rings. The van der Waals surface area contributed by atoms with Crippen molar-refractivity contribution in [1.29, 1.82) is 0 Å². The summed E-state index contributed by atoms with van der Waals surface area (Å²) in [6, 6.07) is 6.26. The number of thiazole rings is 1. The minimum absolute atomic E-state index is 0.532. The Morgan fingerprint density at radius 1 is 0.955 bits per heavy atom. The van der Waals surface area contributed by atoms with E-state index in [-0.39, 0.29) is 0 Å². The molecule has 0 spiro atoms. The van der Waals surface area contributed by atoms with E-state index in [1.807, 2.05) is 24.2 Å². The number of nitrogens with zero attached hydrogens (tertiary/aromatic N) is 8. The summed E-state index contributed by atoms with van der Waals surface area (Å²) in [4.78, 5) is 37.8. The molecule has 0 fully saturated rings. The van der Waals surface area contributed by atoms with Gasteiger partial charge in [0.15, 0.2) is 12.2 Å². The van der Waals surface area contributed by atoms with Gasteiger partial charge < -0.3 is 14.0 Å². The lowest BCUT2D eigenvalue weighted by molar-refractivity contribution is 0.277. The van der Waals surface area contributed by atoms with Gasteiger partial charge in [0, 0.05) is 35.3 Å². The van der Waals surface area contributed by atoms with Crippen LogP contribution in [0.1, 0.15) is 32.9 Å². The molecule has 18 heteroatoms. The second kappa shape index (κ2) is 22.7. The van der Waals surface area contributed by atoms with Crippen LogP contribution in [0.25, 0.3) is 0 Å². The van der Waals surface area contributed by atoms with E-state index >= 15 is 0 Å². The molecule has 3 N–H and O–H groups in total. The molecule has 7 heterocycles. The van der Waals surface area contributed by atoms with Crippen LogP contribution in [0.15, 0.2) is 83.4 Å². The third kappa shape index (κ3) is 20.1. The molecule has 0 aliphatic carbocycles. The standard InChI is InChI=1S/2C5H6S.C4H6N2.C4H5NS.C3H4N2O3.C3H4N2O.C2H4N4/c1-5-2-3-6-4-5;1-5-3-2-4-6-5;1-4-2-5-3-6-4;1-4-5-2-3-6-4;1-5-2(6)4-3(7)8-5;1-3-4-2-5-6-3;1-2-3-5-6-4-2/h2*2-4H,1H3;2-3H,1H3,(H,5,6);2-3H,1H3;1H3,(H,4,6,7);2H,1H3;1H3,(H,3,4,5,6). The van der Waals surface area contributed by atoms with Crippen LogP contribution >= 0.6 is 34.0 Å². The van der Waals surface area contributed by atoms with Crippen molar-refractivity contribution < 1.29 is 9.05 Å². The predicted octanol–water partition coefficient (Wildman–Crippen LogP) is 4.84. The largest absolute Gasteiger partial charge is 0.440 e. The van der Waals surface area contributed by atoms with Crippen molar-refractivity contribution in [3.63, 3.8) is 0 Å². The smallest absolute Gasteiger partial charge is 0.349 e. The SMILES string of the molecule is Cc1cccs1.Cc1ccsc1.Cc1cnc[nH]1.Cc1nccs1.Cc1ncno1.Cc1nn[nH]n1.Cn1oc(=O)[nH]c1=O. The molecule has 0 amide bonds. The maximum absolute atomic E-state index is 10.3. The normalized spacial score (nSPS) is 8.98. The van der Waals surface area contributed by atoms with Crippen LogP contribution in [0, 0.1) is 41.5 Å². The molecule has 0 unspecified atom stereocenters. The summed E-state index contributed by atoms with van der Waals surface area (Å²) in [6.07, 6.45) is 6.62. The summed E-state index contributed by atoms with van der Waals surface area (Å²) >= 11 is 5.18. The van der Waals surface area contributed by atoms with Crippen LogP contribution < -0.4 is 11.4 Å². The van der Waals surface area contributed by atoms with Crippen molar-refractivity contribution in [2.75, 3.05) is 0 Å². The van der Waals surface area contributed by atoms with Gasteiger partial charge in [-0.3, -0.25) is 4.98 Å². The number of H-pyrrole nitrogens is 3. The lowest BCUT2D eigenvalue weighted by Crippen LogP contribution is -2.12. The molecule has 7 rings (SSSR count). The number of thiophene rings is 2. The molecule has 44 heavy (non-hydrogen) atoms. The highest BCUT2D eigenvalue weighted by Gasteiger charge is 1.92. The highest BCUT2D eigenvalue weighted by molar-refractivity contribution is 7.10. The molecule has 236 valence electrons. The minimum atomic E-state index is -0.725. The van der Waals surface area contributed by atoms with E-state index in [1.54, 1.807) is 66.6 Å². The Morgan fingerprint density at radius 2 is 1.75 bits per heavy atom. The number of nitrogens with one attached hydrogen (secondary N) is 3. The van der Waals surface area contributed by atoms with Gasteiger partial charge in [0.2, 0.25) is 5.89 Å². The van der Waals surface area contributed by atoms with Crippen molar-refractivity contribution in [3.8, 4) is 0 Å². The van der Waals surface area contributed by atoms with Crippen molar-refractivity contribution in [2.45, 2.75) is 41.5 Å². The average Bonchev–Trinajstić information content (AvgIpc) is 3.81. The van der Waals surface area contributed by atoms with Crippen LogP contribution in [0.5, 0.6) is 0 Å². The van der Waals surface area contributed by atoms with Gasteiger partial charge in [-0.25, -0.2) is 19.6 Å². The summed E-state index contributed by atoms with van der Waals surface area (Å²) < 4.78 is 9.50. The van der Waals surface area contributed by atoms with E-state index < -0.39 is 11.4 Å². The number of hydrogen-bond donors (Lipinski definition) is 3. The number of imidazole rings is 1. The van der Waals surface area contributed by atoms with Gasteiger partial charge in [0.25, 0.3) is 0 Å². The number of hydrogen-bond acceptors (Lipinski definition) is 14. The minimum Gasteiger partial charge on any atom is -0.349 e. The van der Waals surface area contributed by atoms with Crippen molar-refractivity contribution in [1.82, 2.24) is 55.4 Å². The molecule has 0 saturated heterocycles. The Bertz CT molecular complexity index is 1400. The van der Waals surface area contributed by atoms with Crippen LogP contribution in [-0.2, 0) is 7.05 Å². The zero-order valence-electron chi connectivity index (χ0n) is 25.3. The molecule has 0 atom stereocenters. The fraction of sp³-hybridized carbons (Fsp3) is 0.269. The number of tetrazole rings is 1. The van der Waals surface area contributed by atoms with Crippen LogP contribution in [0.2, 0.25) is 0 Å². The quantitative estimate of drug-likeness (QED) is 0.201. The van der Waals surface area contributed by atoms with Gasteiger partial charge in [-0.05, 0) is 68.5 Å². The monoisotopic (exact) mass is 661 g/mol. The summed E-state index contributed by atoms with van der Waals surface area (Å²) in [5.74, 6) is 0.558. The third-order valence-corrected chi connectivity index (χ3v) is 6.46. The van der Waals surface area contributed by atoms with E-state index in [4.69, 9.17) is 0 Å². The fourth-order valence-corrected chi connectivity index (χ4v) is 3.74. The Morgan fingerprint density at radius 3 is 1.91 bits per heavy atom. The second-order valence-electron chi connectivity index (χ2n) is 8.04. The fourth-order valence-electron chi connectivity index (χ4n) is 2.11. The molecule has 0 saturated carbocycles. The Hall–Kier alpha value is -4.81.